The van der Waals surface area contributed by atoms with E-state index in [0.29, 0.717) is 11.7 Å². The van der Waals surface area contributed by atoms with Gasteiger partial charge in [-0.1, -0.05) is 33.8 Å². The first-order valence-electron chi connectivity index (χ1n) is 6.61. The van der Waals surface area contributed by atoms with Gasteiger partial charge in [0, 0.05) is 11.8 Å². The molecule has 0 saturated heterocycles. The smallest absolute Gasteiger partial charge is 0.0446 e. The number of hydrogen-bond donors (Lipinski definition) is 0. The fraction of sp³-hybridized carbons (Fsp3) is 0.786. The lowest BCUT2D eigenvalue weighted by Crippen LogP contribution is -2.00. The maximum absolute atomic E-state index is 4.61. The predicted octanol–water partition coefficient (Wildman–Crippen LogP) is 4.87. The van der Waals surface area contributed by atoms with E-state index in [2.05, 4.69) is 41.1 Å². The van der Waals surface area contributed by atoms with Crippen LogP contribution in [0.15, 0.2) is 16.6 Å². The molecule has 2 atom stereocenters. The first-order chi connectivity index (χ1) is 7.63. The predicted molar refractivity (Wildman–Crippen MR) is 81.8 cm³/mol. The summed E-state index contributed by atoms with van der Waals surface area (Å²) >= 11 is 0. The standard InChI is InChI=1S/C10H18NP.2C2H6/c1-4-8-5-9(12)6-10(8)11-7(2)3;2*1-2/h4,7,9H,5-6,12H2,1-3H3;2*1-2H3/b8-4-,11-10?;;. The number of hydrogen-bond acceptors (Lipinski definition) is 1. The van der Waals surface area contributed by atoms with Crippen molar-refractivity contribution in [2.45, 2.75) is 73.0 Å². The second-order valence-corrected chi connectivity index (χ2v) is 4.59. The van der Waals surface area contributed by atoms with Crippen LogP contribution >= 0.6 is 9.24 Å². The third kappa shape index (κ3) is 7.17. The van der Waals surface area contributed by atoms with Crippen molar-refractivity contribution in [3.05, 3.63) is 11.6 Å². The van der Waals surface area contributed by atoms with Crippen LogP contribution in [0.2, 0.25) is 0 Å². The van der Waals surface area contributed by atoms with E-state index in [-0.39, 0.29) is 0 Å². The fourth-order valence-corrected chi connectivity index (χ4v) is 2.06. The molecule has 0 bridgehead atoms. The normalized spacial score (nSPS) is 23.9. The minimum Gasteiger partial charge on any atom is -0.287 e. The SMILES string of the molecule is C/C=C1/CC(P)CC1=NC(C)C.CC.CC. The van der Waals surface area contributed by atoms with E-state index < -0.39 is 0 Å². The molecule has 0 amide bonds. The molecule has 1 saturated carbocycles. The third-order valence-corrected chi connectivity index (χ3v) is 2.54. The van der Waals surface area contributed by atoms with Gasteiger partial charge in [0.15, 0.2) is 0 Å². The lowest BCUT2D eigenvalue weighted by molar-refractivity contribution is 0.832. The number of allylic oxidation sites excluding steroid dienone is 2. The number of aliphatic imine (C=N–C) groups is 1. The first-order valence-corrected chi connectivity index (χ1v) is 7.28. The van der Waals surface area contributed by atoms with Crippen molar-refractivity contribution < 1.29 is 0 Å². The van der Waals surface area contributed by atoms with Gasteiger partial charge < -0.3 is 0 Å². The van der Waals surface area contributed by atoms with Crippen LogP contribution in [0, 0.1) is 0 Å². The first kappa shape index (κ1) is 18.2. The Morgan fingerprint density at radius 2 is 1.69 bits per heavy atom. The molecule has 0 radical (unpaired) electrons. The van der Waals surface area contributed by atoms with Crippen molar-refractivity contribution in [2.75, 3.05) is 0 Å². The molecule has 0 N–H and O–H groups in total. The molecular weight excluding hydrogens is 213 g/mol. The average molecular weight is 243 g/mol. The van der Waals surface area contributed by atoms with Crippen LogP contribution in [-0.2, 0) is 0 Å². The maximum atomic E-state index is 4.61. The van der Waals surface area contributed by atoms with E-state index in [4.69, 9.17) is 0 Å². The summed E-state index contributed by atoms with van der Waals surface area (Å²) in [6, 6.07) is 0.435. The van der Waals surface area contributed by atoms with E-state index in [0.717, 1.165) is 6.42 Å². The molecule has 1 rings (SSSR count). The second-order valence-electron chi connectivity index (χ2n) is 3.65. The minimum atomic E-state index is 0.435. The Balaban J connectivity index is 0. The molecule has 0 aliphatic heterocycles. The molecule has 0 aromatic heterocycles. The largest absolute Gasteiger partial charge is 0.287 e. The van der Waals surface area contributed by atoms with Crippen LogP contribution in [-0.4, -0.2) is 17.4 Å². The van der Waals surface area contributed by atoms with Gasteiger partial charge >= 0.3 is 0 Å². The highest BCUT2D eigenvalue weighted by molar-refractivity contribution is 7.17. The van der Waals surface area contributed by atoms with Crippen LogP contribution in [0.25, 0.3) is 0 Å². The van der Waals surface area contributed by atoms with Crippen molar-refractivity contribution in [3.63, 3.8) is 0 Å². The Morgan fingerprint density at radius 1 is 1.19 bits per heavy atom. The summed E-state index contributed by atoms with van der Waals surface area (Å²) in [5.74, 6) is 0. The van der Waals surface area contributed by atoms with Crippen molar-refractivity contribution in [1.82, 2.24) is 0 Å². The van der Waals surface area contributed by atoms with Crippen LogP contribution in [0.4, 0.5) is 0 Å². The Hall–Kier alpha value is -0.160. The summed E-state index contributed by atoms with van der Waals surface area (Å²) in [6.45, 7) is 14.4. The molecule has 0 aromatic rings. The quantitative estimate of drug-likeness (QED) is 0.582. The molecule has 1 fully saturated rings. The molecule has 16 heavy (non-hydrogen) atoms. The highest BCUT2D eigenvalue weighted by Gasteiger charge is 2.21. The van der Waals surface area contributed by atoms with E-state index in [1.807, 2.05) is 27.7 Å². The fourth-order valence-electron chi connectivity index (χ4n) is 1.58. The van der Waals surface area contributed by atoms with Crippen molar-refractivity contribution >= 4 is 15.0 Å². The van der Waals surface area contributed by atoms with Gasteiger partial charge in [-0.25, -0.2) is 0 Å². The summed E-state index contributed by atoms with van der Waals surface area (Å²) in [4.78, 5) is 4.61. The molecule has 0 heterocycles. The van der Waals surface area contributed by atoms with Gasteiger partial charge in [-0.3, -0.25) is 4.99 Å². The van der Waals surface area contributed by atoms with Crippen LogP contribution < -0.4 is 0 Å². The summed E-state index contributed by atoms with van der Waals surface area (Å²) in [6.07, 6.45) is 4.53. The monoisotopic (exact) mass is 243 g/mol. The molecule has 2 heteroatoms. The zero-order valence-corrected chi connectivity index (χ0v) is 13.3. The van der Waals surface area contributed by atoms with E-state index in [1.54, 1.807) is 0 Å². The maximum Gasteiger partial charge on any atom is 0.0446 e. The van der Waals surface area contributed by atoms with Gasteiger partial charge in [-0.2, -0.15) is 0 Å². The molecule has 96 valence electrons. The number of rotatable bonds is 1. The van der Waals surface area contributed by atoms with Crippen molar-refractivity contribution in [1.29, 1.82) is 0 Å². The Kier molecular flexibility index (Phi) is 12.9. The minimum absolute atomic E-state index is 0.435. The third-order valence-electron chi connectivity index (χ3n) is 2.07. The van der Waals surface area contributed by atoms with E-state index in [9.17, 15) is 0 Å². The second kappa shape index (κ2) is 11.3. The topological polar surface area (TPSA) is 12.4 Å². The Bertz CT molecular complexity index is 217. The Morgan fingerprint density at radius 3 is 2.06 bits per heavy atom. The van der Waals surface area contributed by atoms with Gasteiger partial charge in [0.1, 0.15) is 0 Å². The molecule has 0 aromatic carbocycles. The van der Waals surface area contributed by atoms with Gasteiger partial charge in [0.05, 0.1) is 0 Å². The summed E-state index contributed by atoms with van der Waals surface area (Å²) < 4.78 is 0. The molecule has 1 aliphatic carbocycles. The zero-order chi connectivity index (χ0) is 13.1. The zero-order valence-electron chi connectivity index (χ0n) is 12.2. The molecule has 1 aliphatic rings. The summed E-state index contributed by atoms with van der Waals surface area (Å²) in [5.41, 5.74) is 3.49. The summed E-state index contributed by atoms with van der Waals surface area (Å²) in [5, 5.41) is 0. The van der Waals surface area contributed by atoms with Crippen molar-refractivity contribution in [3.8, 4) is 0 Å². The molecular formula is C14H30NP. The molecule has 1 nitrogen and oxygen atoms in total. The van der Waals surface area contributed by atoms with Gasteiger partial charge in [-0.15, -0.1) is 9.24 Å². The van der Waals surface area contributed by atoms with Crippen LogP contribution in [0.3, 0.4) is 0 Å². The lowest BCUT2D eigenvalue weighted by atomic mass is 10.2. The van der Waals surface area contributed by atoms with Crippen molar-refractivity contribution in [2.24, 2.45) is 4.99 Å². The van der Waals surface area contributed by atoms with Crippen LogP contribution in [0.5, 0.6) is 0 Å². The molecule has 2 unspecified atom stereocenters. The highest BCUT2D eigenvalue weighted by atomic mass is 31.0. The van der Waals surface area contributed by atoms with Crippen LogP contribution in [0.1, 0.15) is 61.3 Å². The lowest BCUT2D eigenvalue weighted by Gasteiger charge is -2.01. The number of nitrogens with zero attached hydrogens (tertiary/aromatic N) is 1. The van der Waals surface area contributed by atoms with Gasteiger partial charge in [0.2, 0.25) is 0 Å². The van der Waals surface area contributed by atoms with Gasteiger partial charge in [0.25, 0.3) is 0 Å². The van der Waals surface area contributed by atoms with E-state index in [1.165, 1.54) is 17.7 Å². The van der Waals surface area contributed by atoms with Gasteiger partial charge in [-0.05, 0) is 44.8 Å². The Labute approximate surface area is 105 Å². The summed E-state index contributed by atoms with van der Waals surface area (Å²) in [7, 11) is 2.89. The molecule has 0 spiro atoms. The highest BCUT2D eigenvalue weighted by Crippen LogP contribution is 2.28. The van der Waals surface area contributed by atoms with E-state index >= 15 is 0 Å². The average Bonchev–Trinajstić information content (AvgIpc) is 2.63.